The molecular weight excluding hydrogens is 590 g/mol. The van der Waals surface area contributed by atoms with Gasteiger partial charge in [0.1, 0.15) is 6.33 Å². The van der Waals surface area contributed by atoms with E-state index in [1.165, 1.54) is 24.0 Å². The van der Waals surface area contributed by atoms with Crippen LogP contribution in [-0.2, 0) is 9.59 Å². The smallest absolute Gasteiger partial charge is 0.409 e. The van der Waals surface area contributed by atoms with Crippen LogP contribution in [0, 0.1) is 5.92 Å². The third kappa shape index (κ3) is 7.33. The van der Waals surface area contributed by atoms with Crippen LogP contribution in [0.25, 0.3) is 22.9 Å². The van der Waals surface area contributed by atoms with E-state index in [0.29, 0.717) is 58.3 Å². The fourth-order valence-corrected chi connectivity index (χ4v) is 5.27. The summed E-state index contributed by atoms with van der Waals surface area (Å²) in [5.74, 6) is -0.343. The molecule has 4 aromatic rings. The number of benzene rings is 2. The summed E-state index contributed by atoms with van der Waals surface area (Å²) >= 11 is 6.21. The van der Waals surface area contributed by atoms with E-state index in [2.05, 4.69) is 36.4 Å². The van der Waals surface area contributed by atoms with Crippen LogP contribution in [0.2, 0.25) is 5.02 Å². The molecule has 0 radical (unpaired) electrons. The minimum atomic E-state index is -1.20. The quantitative estimate of drug-likeness (QED) is 0.204. The fourth-order valence-electron chi connectivity index (χ4n) is 5.09. The first-order valence-electron chi connectivity index (χ1n) is 13.6. The number of amides is 3. The van der Waals surface area contributed by atoms with Crippen LogP contribution in [0.4, 0.5) is 10.5 Å². The number of nitrogens with zero attached hydrogens (tertiary/aromatic N) is 6. The molecule has 4 N–H and O–H groups in total. The van der Waals surface area contributed by atoms with Crippen molar-refractivity contribution in [3.05, 3.63) is 87.6 Å². The average molecular weight is 618 g/mol. The molecule has 3 amide bonds. The molecule has 0 aliphatic carbocycles. The van der Waals surface area contributed by atoms with Crippen molar-refractivity contribution in [1.29, 1.82) is 0 Å². The van der Waals surface area contributed by atoms with E-state index in [1.54, 1.807) is 59.5 Å². The molecule has 1 unspecified atom stereocenters. The maximum absolute atomic E-state index is 13.3. The maximum atomic E-state index is 13.3. The SMILES string of the molecule is CC(=O)N1CCC(C[C@H](NC(=O)C=Cc2cc(Cl)ccc2-n2cnnn2)c2cc(-c3ccc(NC(=O)O)cc3)c(=O)[nH]n2)C1. The summed E-state index contributed by atoms with van der Waals surface area (Å²) in [6, 6.07) is 12.4. The monoisotopic (exact) mass is 617 g/mol. The molecule has 15 heteroatoms. The number of carboxylic acid groups (broad SMARTS) is 1. The van der Waals surface area contributed by atoms with Gasteiger partial charge in [0.25, 0.3) is 5.56 Å². The number of hydrogen-bond acceptors (Lipinski definition) is 8. The van der Waals surface area contributed by atoms with Gasteiger partial charge in [-0.25, -0.2) is 9.89 Å². The van der Waals surface area contributed by atoms with Gasteiger partial charge < -0.3 is 15.3 Å². The Morgan fingerprint density at radius 1 is 1.18 bits per heavy atom. The number of carbonyl (C=O) groups is 3. The zero-order chi connectivity index (χ0) is 31.2. The summed E-state index contributed by atoms with van der Waals surface area (Å²) in [6.07, 6.45) is 4.42. The van der Waals surface area contributed by atoms with Gasteiger partial charge in [0.05, 0.1) is 23.0 Å². The highest BCUT2D eigenvalue weighted by Crippen LogP contribution is 2.29. The van der Waals surface area contributed by atoms with Gasteiger partial charge in [0.15, 0.2) is 0 Å². The zero-order valence-electron chi connectivity index (χ0n) is 23.5. The minimum absolute atomic E-state index is 0.0128. The predicted octanol–water partition coefficient (Wildman–Crippen LogP) is 3.29. The second-order valence-electron chi connectivity index (χ2n) is 10.3. The van der Waals surface area contributed by atoms with E-state index in [0.717, 1.165) is 6.42 Å². The topological polar surface area (TPSA) is 188 Å². The lowest BCUT2D eigenvalue weighted by atomic mass is 9.95. The molecule has 2 aromatic heterocycles. The molecule has 5 rings (SSSR count). The van der Waals surface area contributed by atoms with E-state index < -0.39 is 23.6 Å². The Morgan fingerprint density at radius 2 is 1.98 bits per heavy atom. The van der Waals surface area contributed by atoms with Gasteiger partial charge in [0.2, 0.25) is 11.8 Å². The molecule has 226 valence electrons. The highest BCUT2D eigenvalue weighted by molar-refractivity contribution is 6.30. The first-order chi connectivity index (χ1) is 21.2. The number of aromatic amines is 1. The van der Waals surface area contributed by atoms with Crippen LogP contribution in [0.5, 0.6) is 0 Å². The summed E-state index contributed by atoms with van der Waals surface area (Å²) in [7, 11) is 0. The van der Waals surface area contributed by atoms with Crippen LogP contribution in [0.3, 0.4) is 0 Å². The van der Waals surface area contributed by atoms with Gasteiger partial charge in [-0.3, -0.25) is 19.7 Å². The number of halogens is 1. The van der Waals surface area contributed by atoms with Crippen LogP contribution in [0.15, 0.2) is 65.7 Å². The number of carbonyl (C=O) groups excluding carboxylic acids is 2. The molecule has 2 atom stereocenters. The van der Waals surface area contributed by atoms with E-state index in [-0.39, 0.29) is 11.8 Å². The van der Waals surface area contributed by atoms with Gasteiger partial charge in [0, 0.05) is 42.4 Å². The van der Waals surface area contributed by atoms with Crippen LogP contribution in [0.1, 0.15) is 37.1 Å². The lowest BCUT2D eigenvalue weighted by molar-refractivity contribution is -0.128. The van der Waals surface area contributed by atoms with Crippen molar-refractivity contribution in [3.63, 3.8) is 0 Å². The molecule has 0 bridgehead atoms. The first-order valence-corrected chi connectivity index (χ1v) is 14.0. The molecule has 44 heavy (non-hydrogen) atoms. The maximum Gasteiger partial charge on any atom is 0.409 e. The molecular formula is C29H28ClN9O5. The van der Waals surface area contributed by atoms with Gasteiger partial charge in [-0.15, -0.1) is 5.10 Å². The van der Waals surface area contributed by atoms with E-state index in [9.17, 15) is 19.2 Å². The molecule has 2 aromatic carbocycles. The van der Waals surface area contributed by atoms with Crippen molar-refractivity contribution in [2.75, 3.05) is 18.4 Å². The molecule has 0 saturated carbocycles. The first kappa shape index (κ1) is 30.1. The van der Waals surface area contributed by atoms with E-state index in [4.69, 9.17) is 16.7 Å². The van der Waals surface area contributed by atoms with Crippen molar-refractivity contribution < 1.29 is 19.5 Å². The minimum Gasteiger partial charge on any atom is -0.465 e. The summed E-state index contributed by atoms with van der Waals surface area (Å²) in [6.45, 7) is 2.69. The van der Waals surface area contributed by atoms with E-state index in [1.807, 2.05) is 0 Å². The number of tetrazole rings is 1. The van der Waals surface area contributed by atoms with Crippen molar-refractivity contribution in [1.82, 2.24) is 40.6 Å². The Morgan fingerprint density at radius 3 is 2.66 bits per heavy atom. The summed E-state index contributed by atoms with van der Waals surface area (Å²) in [4.78, 5) is 50.7. The van der Waals surface area contributed by atoms with Crippen LogP contribution >= 0.6 is 11.6 Å². The number of anilines is 1. The molecule has 1 saturated heterocycles. The average Bonchev–Trinajstić information content (AvgIpc) is 3.69. The highest BCUT2D eigenvalue weighted by Gasteiger charge is 2.29. The second-order valence-corrected chi connectivity index (χ2v) is 10.7. The predicted molar refractivity (Wildman–Crippen MR) is 161 cm³/mol. The van der Waals surface area contributed by atoms with Gasteiger partial charge >= 0.3 is 6.09 Å². The Bertz CT molecular complexity index is 1760. The summed E-state index contributed by atoms with van der Waals surface area (Å²) < 4.78 is 1.45. The largest absolute Gasteiger partial charge is 0.465 e. The Hall–Kier alpha value is -5.37. The van der Waals surface area contributed by atoms with Gasteiger partial charge in [-0.1, -0.05) is 23.7 Å². The van der Waals surface area contributed by atoms with Crippen molar-refractivity contribution in [2.45, 2.75) is 25.8 Å². The zero-order valence-corrected chi connectivity index (χ0v) is 24.2. The molecule has 14 nitrogen and oxygen atoms in total. The Balaban J connectivity index is 1.42. The lowest BCUT2D eigenvalue weighted by Gasteiger charge is -2.22. The van der Waals surface area contributed by atoms with E-state index >= 15 is 0 Å². The van der Waals surface area contributed by atoms with Crippen LogP contribution < -0.4 is 16.2 Å². The molecule has 3 heterocycles. The van der Waals surface area contributed by atoms with Crippen LogP contribution in [-0.4, -0.2) is 71.4 Å². The highest BCUT2D eigenvalue weighted by atomic mass is 35.5. The van der Waals surface area contributed by atoms with Gasteiger partial charge in [-0.05, 0) is 77.2 Å². The molecule has 1 fully saturated rings. The molecule has 0 spiro atoms. The lowest BCUT2D eigenvalue weighted by Crippen LogP contribution is -2.31. The molecule has 1 aliphatic heterocycles. The third-order valence-electron chi connectivity index (χ3n) is 7.24. The number of hydrogen-bond donors (Lipinski definition) is 4. The Kier molecular flexibility index (Phi) is 9.09. The number of likely N-dealkylation sites (tertiary alicyclic amines) is 1. The van der Waals surface area contributed by atoms with Gasteiger partial charge in [-0.2, -0.15) is 9.78 Å². The number of nitrogens with one attached hydrogen (secondary N) is 3. The third-order valence-corrected chi connectivity index (χ3v) is 7.48. The second kappa shape index (κ2) is 13.3. The van der Waals surface area contributed by atoms with Crippen molar-refractivity contribution in [2.24, 2.45) is 5.92 Å². The summed E-state index contributed by atoms with van der Waals surface area (Å²) in [5.41, 5.74) is 2.39. The number of H-pyrrole nitrogens is 1. The fraction of sp³-hybridized carbons (Fsp3) is 0.241. The number of aromatic nitrogens is 6. The number of rotatable bonds is 9. The normalized spacial score (nSPS) is 15.3. The summed E-state index contributed by atoms with van der Waals surface area (Å²) in [5, 5.41) is 32.7. The Labute approximate surface area is 255 Å². The standard InChI is InChI=1S/C29H28ClN9O5/c1-17(40)38-11-10-18(15-38)12-24(25-14-23(28(42)35-34-25)19-2-6-22(7-3-19)32-29(43)44)33-27(41)9-4-20-13-21(30)5-8-26(20)39-16-31-36-37-39/h2-9,13-14,16,18,24,32H,10-12,15H2,1H3,(H,33,41)(H,35,42)(H,43,44)/t18?,24-/m0/s1. The van der Waals surface area contributed by atoms with Crippen molar-refractivity contribution >= 4 is 41.3 Å². The molecule has 1 aliphatic rings. The van der Waals surface area contributed by atoms with Crippen molar-refractivity contribution in [3.8, 4) is 16.8 Å².